The zero-order valence-electron chi connectivity index (χ0n) is 16.7. The van der Waals surface area contributed by atoms with Crippen LogP contribution in [0.3, 0.4) is 0 Å². The van der Waals surface area contributed by atoms with Crippen molar-refractivity contribution in [3.63, 3.8) is 0 Å². The Labute approximate surface area is 162 Å². The lowest BCUT2D eigenvalue weighted by atomic mass is 9.43. The summed E-state index contributed by atoms with van der Waals surface area (Å²) in [6.45, 7) is 5.15. The lowest BCUT2D eigenvalue weighted by Gasteiger charge is -2.63. The minimum absolute atomic E-state index is 0.126. The molecule has 0 aromatic rings. The van der Waals surface area contributed by atoms with Crippen molar-refractivity contribution in [2.24, 2.45) is 34.5 Å². The van der Waals surface area contributed by atoms with Crippen molar-refractivity contribution in [1.82, 2.24) is 0 Å². The fourth-order valence-electron chi connectivity index (χ4n) is 8.39. The zero-order chi connectivity index (χ0) is 19.0. The second kappa shape index (κ2) is 5.82. The van der Waals surface area contributed by atoms with Gasteiger partial charge in [0.25, 0.3) is 0 Å². The van der Waals surface area contributed by atoms with Gasteiger partial charge in [-0.3, -0.25) is 0 Å². The van der Waals surface area contributed by atoms with Crippen LogP contribution in [0.4, 0.5) is 0 Å². The van der Waals surface area contributed by atoms with E-state index in [1.54, 1.807) is 6.08 Å². The highest BCUT2D eigenvalue weighted by molar-refractivity contribution is 5.85. The summed E-state index contributed by atoms with van der Waals surface area (Å²) >= 11 is 0. The van der Waals surface area contributed by atoms with Crippen LogP contribution in [0, 0.1) is 34.5 Å². The molecule has 0 spiro atoms. The highest BCUT2D eigenvalue weighted by Gasteiger charge is 2.67. The number of ether oxygens (including phenoxy) is 1. The summed E-state index contributed by atoms with van der Waals surface area (Å²) in [5.74, 6) is 1.59. The van der Waals surface area contributed by atoms with Crippen LogP contribution in [0.2, 0.25) is 0 Å². The molecule has 4 heteroatoms. The molecular weight excluding hydrogens is 340 g/mol. The molecule has 5 aliphatic rings. The van der Waals surface area contributed by atoms with E-state index < -0.39 is 5.60 Å². The Balaban J connectivity index is 1.47. The van der Waals surface area contributed by atoms with E-state index in [-0.39, 0.29) is 28.8 Å². The molecule has 4 fully saturated rings. The van der Waals surface area contributed by atoms with Crippen LogP contribution in [0.1, 0.15) is 71.6 Å². The summed E-state index contributed by atoms with van der Waals surface area (Å²) in [5.41, 5.74) is 0.600. The lowest BCUT2D eigenvalue weighted by molar-refractivity contribution is -0.208. The minimum Gasteiger partial charge on any atom is -0.458 e. The summed E-state index contributed by atoms with van der Waals surface area (Å²) in [7, 11) is 0. The number of hydrogen-bond acceptors (Lipinski definition) is 4. The third-order valence-corrected chi connectivity index (χ3v) is 9.96. The van der Waals surface area contributed by atoms with E-state index in [0.29, 0.717) is 24.4 Å². The van der Waals surface area contributed by atoms with Crippen molar-refractivity contribution in [3.05, 3.63) is 11.6 Å². The molecule has 0 bridgehead atoms. The maximum Gasteiger partial charge on any atom is 0.331 e. The predicted octanol–water partition coefficient (Wildman–Crippen LogP) is 3.60. The van der Waals surface area contributed by atoms with Gasteiger partial charge >= 0.3 is 5.97 Å². The third-order valence-electron chi connectivity index (χ3n) is 9.96. The van der Waals surface area contributed by atoms with Gasteiger partial charge in [0.05, 0.1) is 11.7 Å². The van der Waals surface area contributed by atoms with Crippen LogP contribution in [-0.4, -0.2) is 34.5 Å². The first-order valence-electron chi connectivity index (χ1n) is 11.1. The summed E-state index contributed by atoms with van der Waals surface area (Å²) in [6.07, 6.45) is 10.8. The SMILES string of the molecule is C[C@]12CC[C@H](O)C[C@H]1CC[C@@H]1[C@@H]2CC[C@]2(C)[C@H](C3=CC(=O)OC3)CC[C@@]12O. The average Bonchev–Trinajstić information content (AvgIpc) is 3.16. The number of hydrogen-bond donors (Lipinski definition) is 2. The van der Waals surface area contributed by atoms with Gasteiger partial charge in [-0.2, -0.15) is 0 Å². The molecule has 0 unspecified atom stereocenters. The van der Waals surface area contributed by atoms with Crippen molar-refractivity contribution >= 4 is 5.97 Å². The van der Waals surface area contributed by atoms with Gasteiger partial charge in [0.2, 0.25) is 0 Å². The van der Waals surface area contributed by atoms with E-state index in [0.717, 1.165) is 56.9 Å². The molecule has 0 amide bonds. The number of rotatable bonds is 1. The van der Waals surface area contributed by atoms with Gasteiger partial charge in [0.1, 0.15) is 6.61 Å². The standard InChI is InChI=1S/C23H34O4/c1-21-8-5-16(24)12-15(21)3-4-19-18(21)6-9-22(2)17(7-10-23(19,22)26)14-11-20(25)27-13-14/h11,15-19,24,26H,3-10,12-13H2,1-2H3/t15-,16+,17+,18+,19-,21+,22-,23-/m1/s1. The first-order chi connectivity index (χ1) is 12.8. The van der Waals surface area contributed by atoms with Gasteiger partial charge in [-0.15, -0.1) is 0 Å². The Bertz CT molecular complexity index is 686. The molecule has 0 aromatic carbocycles. The van der Waals surface area contributed by atoms with Crippen LogP contribution in [-0.2, 0) is 9.53 Å². The molecule has 150 valence electrons. The Kier molecular flexibility index (Phi) is 3.92. The number of carbonyl (C=O) groups excluding carboxylic acids is 1. The second-order valence-electron chi connectivity index (χ2n) is 10.7. The molecule has 1 heterocycles. The van der Waals surface area contributed by atoms with E-state index in [2.05, 4.69) is 13.8 Å². The van der Waals surface area contributed by atoms with Crippen LogP contribution >= 0.6 is 0 Å². The lowest BCUT2D eigenvalue weighted by Crippen LogP contribution is -2.62. The monoisotopic (exact) mass is 374 g/mol. The summed E-state index contributed by atoms with van der Waals surface area (Å²) in [6, 6.07) is 0. The van der Waals surface area contributed by atoms with Gasteiger partial charge in [-0.05, 0) is 92.4 Å². The molecule has 4 saturated carbocycles. The maximum absolute atomic E-state index is 12.1. The predicted molar refractivity (Wildman–Crippen MR) is 102 cm³/mol. The number of fused-ring (bicyclic) bond motifs is 5. The summed E-state index contributed by atoms with van der Waals surface area (Å²) < 4.78 is 5.20. The van der Waals surface area contributed by atoms with Gasteiger partial charge < -0.3 is 14.9 Å². The molecule has 0 aromatic heterocycles. The van der Waals surface area contributed by atoms with E-state index in [4.69, 9.17) is 4.74 Å². The second-order valence-corrected chi connectivity index (χ2v) is 10.7. The van der Waals surface area contributed by atoms with Crippen molar-refractivity contribution in [2.75, 3.05) is 6.61 Å². The number of carbonyl (C=O) groups is 1. The van der Waals surface area contributed by atoms with E-state index in [1.165, 1.54) is 6.42 Å². The molecule has 2 N–H and O–H groups in total. The molecule has 0 saturated heterocycles. The third kappa shape index (κ3) is 2.32. The zero-order valence-corrected chi connectivity index (χ0v) is 16.7. The number of aliphatic hydroxyl groups excluding tert-OH is 1. The molecule has 5 rings (SSSR count). The number of esters is 1. The fraction of sp³-hybridized carbons (Fsp3) is 0.870. The highest BCUT2D eigenvalue weighted by atomic mass is 16.5. The minimum atomic E-state index is -0.628. The molecule has 4 aliphatic carbocycles. The van der Waals surface area contributed by atoms with Crippen molar-refractivity contribution < 1.29 is 19.7 Å². The molecular formula is C23H34O4. The quantitative estimate of drug-likeness (QED) is 0.688. The Morgan fingerprint density at radius 1 is 1.04 bits per heavy atom. The molecule has 1 aliphatic heterocycles. The highest BCUT2D eigenvalue weighted by Crippen LogP contribution is 2.69. The topological polar surface area (TPSA) is 66.8 Å². The van der Waals surface area contributed by atoms with E-state index >= 15 is 0 Å². The first-order valence-corrected chi connectivity index (χ1v) is 11.1. The van der Waals surface area contributed by atoms with Gasteiger partial charge in [0.15, 0.2) is 0 Å². The number of aliphatic hydroxyl groups is 2. The maximum atomic E-state index is 12.1. The van der Waals surface area contributed by atoms with Crippen molar-refractivity contribution in [1.29, 1.82) is 0 Å². The van der Waals surface area contributed by atoms with Gasteiger partial charge in [0, 0.05) is 11.5 Å². The largest absolute Gasteiger partial charge is 0.458 e. The Morgan fingerprint density at radius 2 is 1.85 bits per heavy atom. The first kappa shape index (κ1) is 18.2. The Morgan fingerprint density at radius 3 is 2.59 bits per heavy atom. The molecule has 27 heavy (non-hydrogen) atoms. The smallest absolute Gasteiger partial charge is 0.331 e. The molecule has 8 atom stereocenters. The summed E-state index contributed by atoms with van der Waals surface area (Å²) in [5, 5.41) is 22.3. The Hall–Kier alpha value is -0.870. The summed E-state index contributed by atoms with van der Waals surface area (Å²) in [4.78, 5) is 11.6. The van der Waals surface area contributed by atoms with Crippen LogP contribution in [0.5, 0.6) is 0 Å². The van der Waals surface area contributed by atoms with Crippen LogP contribution < -0.4 is 0 Å². The van der Waals surface area contributed by atoms with Crippen molar-refractivity contribution in [3.8, 4) is 0 Å². The fourth-order valence-corrected chi connectivity index (χ4v) is 8.39. The number of cyclic esters (lactones) is 1. The average molecular weight is 375 g/mol. The van der Waals surface area contributed by atoms with Crippen LogP contribution in [0.25, 0.3) is 0 Å². The van der Waals surface area contributed by atoms with Crippen LogP contribution in [0.15, 0.2) is 11.6 Å². The normalized spacial score (nSPS) is 54.6. The molecule has 4 nitrogen and oxygen atoms in total. The van der Waals surface area contributed by atoms with Gasteiger partial charge in [-0.1, -0.05) is 13.8 Å². The molecule has 0 radical (unpaired) electrons. The van der Waals surface area contributed by atoms with Crippen molar-refractivity contribution in [2.45, 2.75) is 83.3 Å². The van der Waals surface area contributed by atoms with Gasteiger partial charge in [-0.25, -0.2) is 4.79 Å². The van der Waals surface area contributed by atoms with E-state index in [1.807, 2.05) is 0 Å². The van der Waals surface area contributed by atoms with E-state index in [9.17, 15) is 15.0 Å².